The Morgan fingerprint density at radius 3 is 2.94 bits per heavy atom. The van der Waals surface area contributed by atoms with Crippen LogP contribution in [0.3, 0.4) is 0 Å². The topological polar surface area (TPSA) is 32.3 Å². The van der Waals surface area contributed by atoms with E-state index in [2.05, 4.69) is 24.5 Å². The highest BCUT2D eigenvalue weighted by atomic mass is 16.2. The van der Waals surface area contributed by atoms with Gasteiger partial charge < -0.3 is 10.2 Å². The predicted octanol–water partition coefficient (Wildman–Crippen LogP) is 1.86. The van der Waals surface area contributed by atoms with E-state index in [0.29, 0.717) is 11.3 Å². The molecule has 1 amide bonds. The van der Waals surface area contributed by atoms with Gasteiger partial charge in [0.2, 0.25) is 0 Å². The molecule has 1 fully saturated rings. The molecule has 0 radical (unpaired) electrons. The first-order valence-electron chi connectivity index (χ1n) is 5.72. The number of carbonyl (C=O) groups excluding carboxylic acids is 1. The fourth-order valence-electron chi connectivity index (χ4n) is 2.52. The lowest BCUT2D eigenvalue weighted by molar-refractivity contribution is -0.115. The van der Waals surface area contributed by atoms with E-state index in [1.165, 1.54) is 5.56 Å². The smallest absolute Gasteiger partial charge is 0.260 e. The van der Waals surface area contributed by atoms with Gasteiger partial charge in [0.1, 0.15) is 0 Å². The maximum absolute atomic E-state index is 12.3. The highest BCUT2D eigenvalue weighted by molar-refractivity contribution is 6.09. The van der Waals surface area contributed by atoms with Crippen molar-refractivity contribution in [2.45, 2.75) is 12.5 Å². The molecule has 1 saturated heterocycles. The van der Waals surface area contributed by atoms with Crippen LogP contribution in [0.1, 0.15) is 6.99 Å². The van der Waals surface area contributed by atoms with Crippen molar-refractivity contribution in [3.63, 3.8) is 0 Å². The van der Waals surface area contributed by atoms with Crippen molar-refractivity contribution < 1.29 is 6.22 Å². The van der Waals surface area contributed by atoms with Crippen LogP contribution < -0.4 is 10.2 Å². The van der Waals surface area contributed by atoms with Crippen LogP contribution in [0.25, 0.3) is 0 Å². The molecule has 3 rings (SSSR count). The first kappa shape index (κ1) is 10.1. The van der Waals surface area contributed by atoms with Crippen LogP contribution >= 0.6 is 0 Å². The quantitative estimate of drug-likeness (QED) is 0.687. The molecule has 3 nitrogen and oxygen atoms in total. The van der Waals surface area contributed by atoms with E-state index in [1.54, 1.807) is 0 Å². The largest absolute Gasteiger partial charge is 0.383 e. The van der Waals surface area contributed by atoms with E-state index in [-0.39, 0.29) is 13.4 Å². The minimum absolute atomic E-state index is 0. The number of rotatable bonds is 0. The van der Waals surface area contributed by atoms with E-state index in [9.17, 15) is 4.79 Å². The molecule has 3 heteroatoms. The molecule has 0 aromatic heterocycles. The standard InChI is InChI=1S/C14H14N2O.H2/c1-9-10(2)15-8-12-7-11-5-3-4-6-13(11)16(12)14(9)17;/h3-6,12,15H,1-2,7-8H2;1H/t12-;/m0./s1. The molecule has 2 aliphatic heterocycles. The van der Waals surface area contributed by atoms with E-state index < -0.39 is 0 Å². The first-order chi connectivity index (χ1) is 8.18. The van der Waals surface area contributed by atoms with Crippen molar-refractivity contribution in [3.8, 4) is 0 Å². The van der Waals surface area contributed by atoms with Crippen molar-refractivity contribution in [1.29, 1.82) is 0 Å². The second kappa shape index (κ2) is 3.48. The molecule has 0 unspecified atom stereocenters. The van der Waals surface area contributed by atoms with Crippen molar-refractivity contribution in [3.05, 3.63) is 54.3 Å². The van der Waals surface area contributed by atoms with Gasteiger partial charge in [-0.3, -0.25) is 4.79 Å². The summed E-state index contributed by atoms with van der Waals surface area (Å²) in [7, 11) is 0. The molecule has 0 aliphatic carbocycles. The molecular formula is C14H16N2O. The zero-order valence-electron chi connectivity index (χ0n) is 9.57. The van der Waals surface area contributed by atoms with Crippen LogP contribution in [0.15, 0.2) is 48.7 Å². The van der Waals surface area contributed by atoms with Crippen LogP contribution in [0.2, 0.25) is 0 Å². The van der Waals surface area contributed by atoms with Gasteiger partial charge in [0.05, 0.1) is 11.6 Å². The SMILES string of the molecule is C=C1NC[C@@H]2Cc3ccccc3N2C(=O)C1=C.[HH]. The molecule has 88 valence electrons. The maximum Gasteiger partial charge on any atom is 0.260 e. The lowest BCUT2D eigenvalue weighted by atomic mass is 10.1. The third-order valence-corrected chi connectivity index (χ3v) is 3.46. The van der Waals surface area contributed by atoms with Gasteiger partial charge in [0, 0.05) is 19.4 Å². The number of fused-ring (bicyclic) bond motifs is 3. The zero-order chi connectivity index (χ0) is 12.0. The van der Waals surface area contributed by atoms with E-state index in [4.69, 9.17) is 0 Å². The van der Waals surface area contributed by atoms with Gasteiger partial charge in [0.15, 0.2) is 0 Å². The summed E-state index contributed by atoms with van der Waals surface area (Å²) in [6, 6.07) is 8.22. The third kappa shape index (κ3) is 1.39. The van der Waals surface area contributed by atoms with Crippen molar-refractivity contribution in [2.24, 2.45) is 0 Å². The number of hydrogen-bond acceptors (Lipinski definition) is 2. The summed E-state index contributed by atoms with van der Waals surface area (Å²) < 4.78 is 0. The van der Waals surface area contributed by atoms with Crippen LogP contribution in [-0.4, -0.2) is 18.5 Å². The number of carbonyl (C=O) groups is 1. The number of nitrogens with zero attached hydrogens (tertiary/aromatic N) is 1. The van der Waals surface area contributed by atoms with Crippen LogP contribution in [0.5, 0.6) is 0 Å². The highest BCUT2D eigenvalue weighted by Gasteiger charge is 2.36. The minimum Gasteiger partial charge on any atom is -0.383 e. The fraction of sp³-hybridized carbons (Fsp3) is 0.214. The molecule has 0 spiro atoms. The lowest BCUT2D eigenvalue weighted by Crippen LogP contribution is -2.40. The Labute approximate surface area is 102 Å². The molecular weight excluding hydrogens is 212 g/mol. The lowest BCUT2D eigenvalue weighted by Gasteiger charge is -2.22. The normalized spacial score (nSPS) is 22.9. The van der Waals surface area contributed by atoms with Gasteiger partial charge in [-0.25, -0.2) is 0 Å². The first-order valence-corrected chi connectivity index (χ1v) is 5.72. The number of benzene rings is 1. The zero-order valence-corrected chi connectivity index (χ0v) is 9.57. The summed E-state index contributed by atoms with van der Waals surface area (Å²) in [6.07, 6.45) is 0.898. The Kier molecular flexibility index (Phi) is 2.08. The minimum atomic E-state index is -0.0325. The summed E-state index contributed by atoms with van der Waals surface area (Å²) >= 11 is 0. The predicted molar refractivity (Wildman–Crippen MR) is 69.8 cm³/mol. The molecule has 1 aromatic rings. The molecule has 0 bridgehead atoms. The fourth-order valence-corrected chi connectivity index (χ4v) is 2.52. The second-order valence-electron chi connectivity index (χ2n) is 4.50. The van der Waals surface area contributed by atoms with Crippen molar-refractivity contribution in [2.75, 3.05) is 11.4 Å². The number of anilines is 1. The van der Waals surface area contributed by atoms with Crippen LogP contribution in [-0.2, 0) is 11.2 Å². The maximum atomic E-state index is 12.3. The van der Waals surface area contributed by atoms with Gasteiger partial charge in [-0.15, -0.1) is 0 Å². The molecule has 2 aliphatic rings. The summed E-state index contributed by atoms with van der Waals surface area (Å²) in [5.41, 5.74) is 3.35. The number of hydrogen-bond donors (Lipinski definition) is 1. The summed E-state index contributed by atoms with van der Waals surface area (Å²) in [5.74, 6) is -0.0325. The molecule has 1 aromatic carbocycles. The monoisotopic (exact) mass is 228 g/mol. The molecule has 0 saturated carbocycles. The van der Waals surface area contributed by atoms with Gasteiger partial charge in [-0.1, -0.05) is 31.4 Å². The second-order valence-corrected chi connectivity index (χ2v) is 4.50. The summed E-state index contributed by atoms with van der Waals surface area (Å²) in [5, 5.41) is 3.17. The Morgan fingerprint density at radius 2 is 2.12 bits per heavy atom. The van der Waals surface area contributed by atoms with Gasteiger partial charge in [-0.2, -0.15) is 0 Å². The van der Waals surface area contributed by atoms with E-state index >= 15 is 0 Å². The van der Waals surface area contributed by atoms with Gasteiger partial charge in [-0.05, 0) is 18.1 Å². The summed E-state index contributed by atoms with van der Waals surface area (Å²) in [4.78, 5) is 14.2. The van der Waals surface area contributed by atoms with Gasteiger partial charge >= 0.3 is 0 Å². The molecule has 1 N–H and O–H groups in total. The highest BCUT2D eigenvalue weighted by Crippen LogP contribution is 2.34. The van der Waals surface area contributed by atoms with Crippen LogP contribution in [0, 0.1) is 0 Å². The Bertz CT molecular complexity index is 538. The third-order valence-electron chi connectivity index (χ3n) is 3.46. The van der Waals surface area contributed by atoms with E-state index in [0.717, 1.165) is 18.7 Å². The van der Waals surface area contributed by atoms with Crippen molar-refractivity contribution >= 4 is 11.6 Å². The Morgan fingerprint density at radius 1 is 1.35 bits per heavy atom. The molecule has 1 atom stereocenters. The van der Waals surface area contributed by atoms with Gasteiger partial charge in [0.25, 0.3) is 5.91 Å². The molecule has 17 heavy (non-hydrogen) atoms. The van der Waals surface area contributed by atoms with Crippen molar-refractivity contribution in [1.82, 2.24) is 5.32 Å². The average molecular weight is 228 g/mol. The number of amides is 1. The summed E-state index contributed by atoms with van der Waals surface area (Å²) in [6.45, 7) is 8.38. The van der Waals surface area contributed by atoms with Crippen LogP contribution in [0.4, 0.5) is 5.69 Å². The Balaban J connectivity index is 0.00000120. The average Bonchev–Trinajstić information content (AvgIpc) is 2.67. The molecule has 2 heterocycles. The Hall–Kier alpha value is -2.03. The number of nitrogens with one attached hydrogen (secondary N) is 1. The van der Waals surface area contributed by atoms with E-state index in [1.807, 2.05) is 23.1 Å². The number of para-hydroxylation sites is 1.